The first-order valence-electron chi connectivity index (χ1n) is 8.37. The van der Waals surface area contributed by atoms with Crippen LogP contribution < -0.4 is 9.64 Å². The highest BCUT2D eigenvalue weighted by atomic mass is 35.5. The van der Waals surface area contributed by atoms with Gasteiger partial charge in [0.05, 0.1) is 5.02 Å². The Kier molecular flexibility index (Phi) is 4.55. The highest BCUT2D eigenvalue weighted by Crippen LogP contribution is 2.29. The maximum atomic E-state index is 13.0. The minimum Gasteiger partial charge on any atom is -0.489 e. The second kappa shape index (κ2) is 6.88. The molecule has 1 aliphatic heterocycles. The Bertz CT molecular complexity index is 953. The first kappa shape index (κ1) is 17.8. The summed E-state index contributed by atoms with van der Waals surface area (Å²) in [5.41, 5.74) is 0.0583. The van der Waals surface area contributed by atoms with Crippen molar-refractivity contribution >= 4 is 23.1 Å². The van der Waals surface area contributed by atoms with Gasteiger partial charge >= 0.3 is 6.18 Å². The topological polar surface area (TPSA) is 55.5 Å². The molecular formula is C17H15ClF3N5O. The number of hydrogen-bond donors (Lipinski definition) is 0. The molecule has 0 atom stereocenters. The van der Waals surface area contributed by atoms with Crippen LogP contribution in [0.2, 0.25) is 5.02 Å². The summed E-state index contributed by atoms with van der Waals surface area (Å²) in [6.07, 6.45) is -3.20. The third-order valence-electron chi connectivity index (χ3n) is 4.40. The molecule has 1 saturated heterocycles. The van der Waals surface area contributed by atoms with E-state index in [1.807, 2.05) is 23.1 Å². The minimum absolute atomic E-state index is 0.00877. The van der Waals surface area contributed by atoms with Crippen LogP contribution >= 0.6 is 11.6 Å². The molecule has 0 saturated carbocycles. The van der Waals surface area contributed by atoms with Crippen molar-refractivity contribution < 1.29 is 17.9 Å². The average Bonchev–Trinajstić information content (AvgIpc) is 3.08. The zero-order valence-electron chi connectivity index (χ0n) is 14.0. The number of ether oxygens (including phenoxy) is 1. The van der Waals surface area contributed by atoms with E-state index in [0.717, 1.165) is 4.52 Å². The number of hydrogen-bond acceptors (Lipinski definition) is 5. The first-order chi connectivity index (χ1) is 12.9. The third kappa shape index (κ3) is 3.64. The number of halogens is 4. The summed E-state index contributed by atoms with van der Waals surface area (Å²) in [7, 11) is 0. The molecule has 142 valence electrons. The molecule has 1 fully saturated rings. The Labute approximate surface area is 157 Å². The highest BCUT2D eigenvalue weighted by Gasteiger charge is 2.38. The summed E-state index contributed by atoms with van der Waals surface area (Å²) in [6.45, 7) is 1.22. The fraction of sp³-hybridized carbons (Fsp3) is 0.353. The van der Waals surface area contributed by atoms with Gasteiger partial charge in [-0.05, 0) is 24.3 Å². The van der Waals surface area contributed by atoms with Crippen molar-refractivity contribution in [1.82, 2.24) is 19.8 Å². The van der Waals surface area contributed by atoms with Crippen LogP contribution in [0.5, 0.6) is 5.75 Å². The smallest absolute Gasteiger partial charge is 0.453 e. The number of anilines is 1. The summed E-state index contributed by atoms with van der Waals surface area (Å²) in [5.74, 6) is -0.0447. The zero-order valence-corrected chi connectivity index (χ0v) is 14.8. The van der Waals surface area contributed by atoms with E-state index in [1.54, 1.807) is 12.1 Å². The molecule has 0 radical (unpaired) electrons. The molecule has 0 aliphatic carbocycles. The van der Waals surface area contributed by atoms with E-state index < -0.39 is 12.0 Å². The molecule has 0 spiro atoms. The fourth-order valence-electron chi connectivity index (χ4n) is 3.05. The van der Waals surface area contributed by atoms with Crippen LogP contribution in [0.1, 0.15) is 18.7 Å². The molecule has 10 heteroatoms. The summed E-state index contributed by atoms with van der Waals surface area (Å²) in [5, 5.41) is 11.4. The number of rotatable bonds is 3. The van der Waals surface area contributed by atoms with Crippen molar-refractivity contribution in [2.24, 2.45) is 0 Å². The van der Waals surface area contributed by atoms with Gasteiger partial charge in [0.1, 0.15) is 17.7 Å². The SMILES string of the molecule is FC(F)(F)c1nnc2ccc(N3CCC(Oc4ccccc4Cl)CC3)nn12. The number of aromatic nitrogens is 4. The predicted octanol–water partition coefficient (Wildman–Crippen LogP) is 3.84. The Hall–Kier alpha value is -2.55. The summed E-state index contributed by atoms with van der Waals surface area (Å²) >= 11 is 6.11. The van der Waals surface area contributed by atoms with Gasteiger partial charge in [-0.3, -0.25) is 0 Å². The first-order valence-corrected chi connectivity index (χ1v) is 8.75. The lowest BCUT2D eigenvalue weighted by atomic mass is 10.1. The lowest BCUT2D eigenvalue weighted by Crippen LogP contribution is -2.39. The van der Waals surface area contributed by atoms with Crippen LogP contribution in [0.25, 0.3) is 5.65 Å². The van der Waals surface area contributed by atoms with Gasteiger partial charge in [0, 0.05) is 25.9 Å². The summed E-state index contributed by atoms with van der Waals surface area (Å²) < 4.78 is 45.7. The Morgan fingerprint density at radius 1 is 1.04 bits per heavy atom. The van der Waals surface area contributed by atoms with Crippen LogP contribution in [-0.2, 0) is 6.18 Å². The molecule has 3 heterocycles. The quantitative estimate of drug-likeness (QED) is 0.672. The van der Waals surface area contributed by atoms with E-state index in [9.17, 15) is 13.2 Å². The molecule has 3 aromatic rings. The van der Waals surface area contributed by atoms with E-state index in [-0.39, 0.29) is 11.8 Å². The van der Waals surface area contributed by atoms with Crippen molar-refractivity contribution in [2.45, 2.75) is 25.1 Å². The predicted molar refractivity (Wildman–Crippen MR) is 93.1 cm³/mol. The van der Waals surface area contributed by atoms with Gasteiger partial charge in [-0.25, -0.2) is 0 Å². The molecule has 27 heavy (non-hydrogen) atoms. The molecule has 1 aliphatic rings. The Balaban J connectivity index is 1.47. The molecule has 6 nitrogen and oxygen atoms in total. The largest absolute Gasteiger partial charge is 0.489 e. The number of nitrogens with zero attached hydrogens (tertiary/aromatic N) is 5. The Morgan fingerprint density at radius 2 is 1.78 bits per heavy atom. The van der Waals surface area contributed by atoms with Crippen LogP contribution in [-0.4, -0.2) is 39.0 Å². The molecular weight excluding hydrogens is 383 g/mol. The lowest BCUT2D eigenvalue weighted by molar-refractivity contribution is -0.146. The Morgan fingerprint density at radius 3 is 2.48 bits per heavy atom. The van der Waals surface area contributed by atoms with Gasteiger partial charge in [-0.1, -0.05) is 23.7 Å². The van der Waals surface area contributed by atoms with Crippen molar-refractivity contribution in [3.63, 3.8) is 0 Å². The van der Waals surface area contributed by atoms with Crippen LogP contribution in [0.15, 0.2) is 36.4 Å². The lowest BCUT2D eigenvalue weighted by Gasteiger charge is -2.33. The number of fused-ring (bicyclic) bond motifs is 1. The zero-order chi connectivity index (χ0) is 19.0. The maximum absolute atomic E-state index is 13.0. The average molecular weight is 398 g/mol. The second-order valence-corrected chi connectivity index (χ2v) is 6.62. The van der Waals surface area contributed by atoms with Gasteiger partial charge in [-0.15, -0.1) is 15.3 Å². The van der Waals surface area contributed by atoms with Gasteiger partial charge in [-0.2, -0.15) is 17.7 Å². The molecule has 2 aromatic heterocycles. The summed E-state index contributed by atoms with van der Waals surface area (Å²) in [6, 6.07) is 10.4. The van der Waals surface area contributed by atoms with Crippen LogP contribution in [0.4, 0.5) is 19.0 Å². The van der Waals surface area contributed by atoms with E-state index >= 15 is 0 Å². The fourth-order valence-corrected chi connectivity index (χ4v) is 3.23. The molecule has 0 bridgehead atoms. The molecule has 0 amide bonds. The van der Waals surface area contributed by atoms with Crippen molar-refractivity contribution in [3.8, 4) is 5.75 Å². The maximum Gasteiger partial charge on any atom is 0.453 e. The van der Waals surface area contributed by atoms with E-state index in [4.69, 9.17) is 16.3 Å². The molecule has 0 unspecified atom stereocenters. The van der Waals surface area contributed by atoms with Crippen molar-refractivity contribution in [2.75, 3.05) is 18.0 Å². The standard InChI is InChI=1S/C17H15ClF3N5O/c18-12-3-1-2-4-13(12)27-11-7-9-25(10-8-11)15-6-5-14-22-23-16(17(19,20)21)26(14)24-15/h1-6,11H,7-10H2. The highest BCUT2D eigenvalue weighted by molar-refractivity contribution is 6.32. The van der Waals surface area contributed by atoms with Gasteiger partial charge in [0.2, 0.25) is 0 Å². The molecule has 4 rings (SSSR count). The van der Waals surface area contributed by atoms with Crippen LogP contribution in [0, 0.1) is 0 Å². The van der Waals surface area contributed by atoms with Gasteiger partial charge < -0.3 is 9.64 Å². The number of benzene rings is 1. The monoisotopic (exact) mass is 397 g/mol. The molecule has 0 N–H and O–H groups in total. The van der Waals surface area contributed by atoms with Gasteiger partial charge in [0.25, 0.3) is 5.82 Å². The normalized spacial score (nSPS) is 16.1. The second-order valence-electron chi connectivity index (χ2n) is 6.22. The van der Waals surface area contributed by atoms with Crippen molar-refractivity contribution in [1.29, 1.82) is 0 Å². The van der Waals surface area contributed by atoms with E-state index in [0.29, 0.717) is 42.5 Å². The molecule has 1 aromatic carbocycles. The minimum atomic E-state index is -4.61. The number of piperidine rings is 1. The van der Waals surface area contributed by atoms with Crippen molar-refractivity contribution in [3.05, 3.63) is 47.2 Å². The van der Waals surface area contributed by atoms with E-state index in [1.165, 1.54) is 6.07 Å². The number of alkyl halides is 3. The van der Waals surface area contributed by atoms with E-state index in [2.05, 4.69) is 15.3 Å². The number of para-hydroxylation sites is 1. The van der Waals surface area contributed by atoms with Crippen LogP contribution in [0.3, 0.4) is 0 Å². The van der Waals surface area contributed by atoms with Gasteiger partial charge in [0.15, 0.2) is 5.65 Å². The summed E-state index contributed by atoms with van der Waals surface area (Å²) in [4.78, 5) is 1.92. The third-order valence-corrected chi connectivity index (χ3v) is 4.71.